The van der Waals surface area contributed by atoms with Crippen molar-refractivity contribution in [2.24, 2.45) is 0 Å². The minimum absolute atomic E-state index is 0.111. The molecule has 0 aliphatic rings. The summed E-state index contributed by atoms with van der Waals surface area (Å²) in [6.07, 6.45) is 0.958. The van der Waals surface area contributed by atoms with Gasteiger partial charge in [0.2, 0.25) is 5.43 Å². The molecule has 1 N–H and O–H groups in total. The van der Waals surface area contributed by atoms with Crippen LogP contribution in [0.2, 0.25) is 0 Å². The number of rotatable bonds is 3. The normalized spacial score (nSPS) is 12.2. The van der Waals surface area contributed by atoms with E-state index in [1.54, 1.807) is 24.3 Å². The van der Waals surface area contributed by atoms with Crippen LogP contribution in [-0.4, -0.2) is 9.32 Å². The van der Waals surface area contributed by atoms with Gasteiger partial charge in [-0.1, -0.05) is 18.2 Å². The van der Waals surface area contributed by atoms with Crippen LogP contribution in [0.5, 0.6) is 5.75 Å². The quantitative estimate of drug-likeness (QED) is 0.899. The first-order valence-corrected chi connectivity index (χ1v) is 6.23. The van der Waals surface area contributed by atoms with Crippen molar-refractivity contribution in [1.29, 1.82) is 0 Å². The molecule has 2 aromatic rings. The van der Waals surface area contributed by atoms with Gasteiger partial charge in [0.1, 0.15) is 12.0 Å². The summed E-state index contributed by atoms with van der Waals surface area (Å²) in [7, 11) is -1.26. The first-order chi connectivity index (χ1) is 8.16. The molecule has 1 aromatic heterocycles. The molecule has 0 fully saturated rings. The van der Waals surface area contributed by atoms with Crippen LogP contribution < -0.4 is 5.43 Å². The molecule has 0 bridgehead atoms. The van der Waals surface area contributed by atoms with E-state index in [1.165, 1.54) is 0 Å². The molecule has 0 spiro atoms. The average Bonchev–Trinajstić information content (AvgIpc) is 2.35. The standard InChI is InChI=1S/C12H10O4S/c13-11-6-9(16-7-12(11)14)8-17(15)10-4-2-1-3-5-10/h1-7,14H,8H2. The fourth-order valence-electron chi connectivity index (χ4n) is 1.30. The van der Waals surface area contributed by atoms with Crippen LogP contribution in [0.15, 0.2) is 56.8 Å². The van der Waals surface area contributed by atoms with Crippen molar-refractivity contribution < 1.29 is 13.7 Å². The minimum Gasteiger partial charge on any atom is -0.502 e. The molecule has 88 valence electrons. The Morgan fingerprint density at radius 2 is 1.94 bits per heavy atom. The first-order valence-electron chi connectivity index (χ1n) is 4.91. The highest BCUT2D eigenvalue weighted by Gasteiger charge is 2.08. The molecule has 0 radical (unpaired) electrons. The Balaban J connectivity index is 2.19. The molecule has 1 heterocycles. The first kappa shape index (κ1) is 11.6. The summed E-state index contributed by atoms with van der Waals surface area (Å²) in [6, 6.07) is 10.1. The van der Waals surface area contributed by atoms with E-state index in [9.17, 15) is 9.00 Å². The van der Waals surface area contributed by atoms with E-state index in [0.717, 1.165) is 12.3 Å². The molecule has 17 heavy (non-hydrogen) atoms. The number of benzene rings is 1. The second-order valence-electron chi connectivity index (χ2n) is 3.40. The molecule has 0 saturated heterocycles. The van der Waals surface area contributed by atoms with Crippen LogP contribution in [0.4, 0.5) is 0 Å². The number of hydrogen-bond acceptors (Lipinski definition) is 4. The molecular weight excluding hydrogens is 240 g/mol. The lowest BCUT2D eigenvalue weighted by molar-refractivity contribution is 0.418. The van der Waals surface area contributed by atoms with Gasteiger partial charge in [-0.05, 0) is 12.1 Å². The molecule has 1 aromatic carbocycles. The van der Waals surface area contributed by atoms with Gasteiger partial charge in [0.25, 0.3) is 0 Å². The fraction of sp³-hybridized carbons (Fsp3) is 0.0833. The summed E-state index contributed by atoms with van der Waals surface area (Å²) in [5, 5.41) is 9.01. The molecule has 0 aliphatic heterocycles. The Kier molecular flexibility index (Phi) is 3.39. The van der Waals surface area contributed by atoms with Crippen molar-refractivity contribution in [2.75, 3.05) is 0 Å². The molecule has 4 nitrogen and oxygen atoms in total. The highest BCUT2D eigenvalue weighted by molar-refractivity contribution is 7.84. The van der Waals surface area contributed by atoms with Gasteiger partial charge in [-0.15, -0.1) is 0 Å². The van der Waals surface area contributed by atoms with Crippen LogP contribution in [0.25, 0.3) is 0 Å². The Morgan fingerprint density at radius 3 is 2.59 bits per heavy atom. The van der Waals surface area contributed by atoms with Gasteiger partial charge in [-0.3, -0.25) is 9.00 Å². The van der Waals surface area contributed by atoms with Gasteiger partial charge in [0, 0.05) is 11.0 Å². The number of hydrogen-bond donors (Lipinski definition) is 1. The zero-order valence-electron chi connectivity index (χ0n) is 8.83. The predicted octanol–water partition coefficient (Wildman–Crippen LogP) is 1.65. The highest BCUT2D eigenvalue weighted by Crippen LogP contribution is 2.12. The van der Waals surface area contributed by atoms with E-state index in [0.29, 0.717) is 4.90 Å². The van der Waals surface area contributed by atoms with Gasteiger partial charge >= 0.3 is 0 Å². The molecule has 0 aliphatic carbocycles. The van der Waals surface area contributed by atoms with E-state index >= 15 is 0 Å². The lowest BCUT2D eigenvalue weighted by Gasteiger charge is -2.01. The molecule has 2 rings (SSSR count). The second kappa shape index (κ2) is 4.97. The van der Waals surface area contributed by atoms with E-state index in [1.807, 2.05) is 6.07 Å². The van der Waals surface area contributed by atoms with Crippen molar-refractivity contribution in [3.8, 4) is 5.75 Å². The summed E-state index contributed by atoms with van der Waals surface area (Å²) in [5.74, 6) is -0.0475. The number of aromatic hydroxyl groups is 1. The Hall–Kier alpha value is -1.88. The van der Waals surface area contributed by atoms with E-state index in [-0.39, 0.29) is 11.5 Å². The van der Waals surface area contributed by atoms with Gasteiger partial charge < -0.3 is 9.52 Å². The molecule has 5 heteroatoms. The summed E-state index contributed by atoms with van der Waals surface area (Å²) in [6.45, 7) is 0. The Labute approximate surface area is 100.0 Å². The Bertz CT molecular complexity index is 589. The lowest BCUT2D eigenvalue weighted by Crippen LogP contribution is -2.03. The largest absolute Gasteiger partial charge is 0.502 e. The van der Waals surface area contributed by atoms with Gasteiger partial charge in [-0.25, -0.2) is 0 Å². The maximum atomic E-state index is 11.9. The maximum absolute atomic E-state index is 11.9. The monoisotopic (exact) mass is 250 g/mol. The predicted molar refractivity (Wildman–Crippen MR) is 63.2 cm³/mol. The third-order valence-electron chi connectivity index (χ3n) is 2.15. The minimum atomic E-state index is -1.26. The van der Waals surface area contributed by atoms with E-state index < -0.39 is 22.0 Å². The van der Waals surface area contributed by atoms with Crippen LogP contribution in [0.3, 0.4) is 0 Å². The van der Waals surface area contributed by atoms with E-state index in [4.69, 9.17) is 9.52 Å². The van der Waals surface area contributed by atoms with Crippen molar-refractivity contribution >= 4 is 10.8 Å². The third kappa shape index (κ3) is 2.82. The summed E-state index contributed by atoms with van der Waals surface area (Å²) < 4.78 is 16.9. The SMILES string of the molecule is O=c1cc(CS(=O)c2ccccc2)occ1O. The summed E-state index contributed by atoms with van der Waals surface area (Å²) in [4.78, 5) is 11.8. The summed E-state index contributed by atoms with van der Waals surface area (Å²) in [5.41, 5.74) is -0.531. The van der Waals surface area contributed by atoms with Crippen molar-refractivity contribution in [3.63, 3.8) is 0 Å². The van der Waals surface area contributed by atoms with Crippen LogP contribution in [-0.2, 0) is 16.6 Å². The van der Waals surface area contributed by atoms with Gasteiger partial charge in [0.15, 0.2) is 5.75 Å². The lowest BCUT2D eigenvalue weighted by atomic mass is 10.4. The zero-order valence-corrected chi connectivity index (χ0v) is 9.65. The molecule has 1 unspecified atom stereocenters. The van der Waals surface area contributed by atoms with E-state index in [2.05, 4.69) is 0 Å². The van der Waals surface area contributed by atoms with Crippen LogP contribution >= 0.6 is 0 Å². The smallest absolute Gasteiger partial charge is 0.226 e. The topological polar surface area (TPSA) is 67.5 Å². The van der Waals surface area contributed by atoms with Crippen LogP contribution in [0, 0.1) is 0 Å². The average molecular weight is 250 g/mol. The van der Waals surface area contributed by atoms with Gasteiger partial charge in [-0.2, -0.15) is 0 Å². The summed E-state index contributed by atoms with van der Waals surface area (Å²) >= 11 is 0. The van der Waals surface area contributed by atoms with Crippen molar-refractivity contribution in [2.45, 2.75) is 10.6 Å². The zero-order chi connectivity index (χ0) is 12.3. The third-order valence-corrected chi connectivity index (χ3v) is 3.49. The van der Waals surface area contributed by atoms with Crippen molar-refractivity contribution in [3.05, 3.63) is 58.6 Å². The van der Waals surface area contributed by atoms with Crippen LogP contribution in [0.1, 0.15) is 5.76 Å². The highest BCUT2D eigenvalue weighted by atomic mass is 32.2. The second-order valence-corrected chi connectivity index (χ2v) is 4.85. The molecular formula is C12H10O4S. The van der Waals surface area contributed by atoms with Crippen molar-refractivity contribution in [1.82, 2.24) is 0 Å². The molecule has 1 atom stereocenters. The van der Waals surface area contributed by atoms with Gasteiger partial charge in [0.05, 0.1) is 16.6 Å². The molecule has 0 saturated carbocycles. The fourth-order valence-corrected chi connectivity index (χ4v) is 2.34. The molecule has 0 amide bonds. The Morgan fingerprint density at radius 1 is 1.24 bits per heavy atom. The maximum Gasteiger partial charge on any atom is 0.226 e.